The molecule has 1 N–H and O–H groups in total. The summed E-state index contributed by atoms with van der Waals surface area (Å²) in [6.45, 7) is 3.84. The summed E-state index contributed by atoms with van der Waals surface area (Å²) < 4.78 is 0. The van der Waals surface area contributed by atoms with Gasteiger partial charge < -0.3 is 9.80 Å². The number of rotatable bonds is 5. The largest absolute Gasteiger partial charge is 0.320 e. The van der Waals surface area contributed by atoms with Gasteiger partial charge in [-0.1, -0.05) is 31.2 Å². The molecule has 2 aliphatic rings. The first-order chi connectivity index (χ1) is 10.1. The highest BCUT2D eigenvalue weighted by molar-refractivity contribution is 5.92. The molecule has 0 radical (unpaired) electrons. The van der Waals surface area contributed by atoms with Crippen LogP contribution in [0.4, 0.5) is 0 Å². The van der Waals surface area contributed by atoms with E-state index in [4.69, 9.17) is 0 Å². The van der Waals surface area contributed by atoms with Gasteiger partial charge in [0.15, 0.2) is 0 Å². The molecule has 1 amide bonds. The van der Waals surface area contributed by atoms with Crippen LogP contribution in [-0.4, -0.2) is 48.4 Å². The molecular weight excluding hydrogens is 262 g/mol. The van der Waals surface area contributed by atoms with Crippen LogP contribution in [0.15, 0.2) is 24.3 Å². The van der Waals surface area contributed by atoms with Crippen LogP contribution in [-0.2, 0) is 11.2 Å². The maximum absolute atomic E-state index is 12.7. The van der Waals surface area contributed by atoms with E-state index in [9.17, 15) is 4.79 Å². The first-order valence-corrected chi connectivity index (χ1v) is 7.88. The van der Waals surface area contributed by atoms with Crippen molar-refractivity contribution in [3.8, 4) is 0 Å². The highest BCUT2D eigenvalue weighted by atomic mass is 16.2. The predicted molar refractivity (Wildman–Crippen MR) is 83.9 cm³/mol. The molecule has 1 aromatic carbocycles. The lowest BCUT2D eigenvalue weighted by Gasteiger charge is -2.26. The average molecular weight is 287 g/mol. The molecule has 21 heavy (non-hydrogen) atoms. The Bertz CT molecular complexity index is 519. The number of nitrogens with one attached hydrogen (secondary N) is 1. The number of hydrogen-bond acceptors (Lipinski definition) is 3. The topological polar surface area (TPSA) is 35.6 Å². The van der Waals surface area contributed by atoms with Gasteiger partial charge in [0, 0.05) is 13.1 Å². The summed E-state index contributed by atoms with van der Waals surface area (Å²) in [6, 6.07) is 8.66. The number of amides is 1. The monoisotopic (exact) mass is 287 g/mol. The first-order valence-electron chi connectivity index (χ1n) is 7.88. The number of carbonyl (C=O) groups is 1. The number of aryl methyl sites for hydroxylation is 1. The number of hydrogen-bond donors (Lipinski definition) is 1. The molecule has 1 heterocycles. The van der Waals surface area contributed by atoms with Crippen molar-refractivity contribution >= 4 is 5.91 Å². The van der Waals surface area contributed by atoms with Gasteiger partial charge in [-0.3, -0.25) is 10.1 Å². The molecule has 4 nitrogen and oxygen atoms in total. The van der Waals surface area contributed by atoms with Gasteiger partial charge in [0.05, 0.1) is 0 Å². The van der Waals surface area contributed by atoms with Crippen molar-refractivity contribution in [2.24, 2.45) is 0 Å². The minimum atomic E-state index is -0.250. The van der Waals surface area contributed by atoms with Crippen molar-refractivity contribution in [2.75, 3.05) is 27.2 Å². The molecule has 1 aliphatic carbocycles. The summed E-state index contributed by atoms with van der Waals surface area (Å²) in [4.78, 5) is 16.8. The van der Waals surface area contributed by atoms with Crippen LogP contribution in [0.2, 0.25) is 0 Å². The Morgan fingerprint density at radius 2 is 1.95 bits per heavy atom. The fourth-order valence-electron chi connectivity index (χ4n) is 3.01. The molecule has 114 valence electrons. The zero-order valence-corrected chi connectivity index (χ0v) is 13.2. The highest BCUT2D eigenvalue weighted by Gasteiger charge is 2.59. The standard InChI is InChI=1S/C17H25N3O/c1-4-13-5-7-14(8-6-13)15-18-17(9-10-17)16(21)20(15)12-11-19(2)3/h5-8,15,18H,4,9-12H2,1-3H3. The third kappa shape index (κ3) is 2.70. The number of nitrogens with zero attached hydrogens (tertiary/aromatic N) is 2. The molecule has 1 unspecified atom stereocenters. The summed E-state index contributed by atoms with van der Waals surface area (Å²) in [5.41, 5.74) is 2.28. The van der Waals surface area contributed by atoms with Crippen LogP contribution >= 0.6 is 0 Å². The van der Waals surface area contributed by atoms with Gasteiger partial charge in [-0.2, -0.15) is 0 Å². The number of carbonyl (C=O) groups excluding carboxylic acids is 1. The van der Waals surface area contributed by atoms with E-state index in [1.165, 1.54) is 11.1 Å². The number of benzene rings is 1. The van der Waals surface area contributed by atoms with Gasteiger partial charge in [0.1, 0.15) is 11.7 Å². The molecule has 1 aromatic rings. The third-order valence-corrected chi connectivity index (χ3v) is 4.64. The lowest BCUT2D eigenvalue weighted by atomic mass is 10.1. The van der Waals surface area contributed by atoms with E-state index in [0.29, 0.717) is 0 Å². The van der Waals surface area contributed by atoms with Crippen molar-refractivity contribution < 1.29 is 4.79 Å². The maximum atomic E-state index is 12.7. The second-order valence-electron chi connectivity index (χ2n) is 6.53. The van der Waals surface area contributed by atoms with Crippen molar-refractivity contribution in [1.29, 1.82) is 0 Å². The SMILES string of the molecule is CCc1ccc(C2NC3(CC3)C(=O)N2CCN(C)C)cc1. The molecule has 4 heteroatoms. The van der Waals surface area contributed by atoms with Gasteiger partial charge >= 0.3 is 0 Å². The molecule has 0 bridgehead atoms. The van der Waals surface area contributed by atoms with Gasteiger partial charge in [-0.15, -0.1) is 0 Å². The van der Waals surface area contributed by atoms with Gasteiger partial charge in [-0.25, -0.2) is 0 Å². The second-order valence-corrected chi connectivity index (χ2v) is 6.53. The van der Waals surface area contributed by atoms with Gasteiger partial charge in [-0.05, 0) is 44.5 Å². The predicted octanol–water partition coefficient (Wildman–Crippen LogP) is 1.77. The van der Waals surface area contributed by atoms with E-state index in [1.54, 1.807) is 0 Å². The van der Waals surface area contributed by atoms with E-state index in [1.807, 2.05) is 19.0 Å². The normalized spacial score (nSPS) is 23.3. The zero-order chi connectivity index (χ0) is 15.0. The summed E-state index contributed by atoms with van der Waals surface area (Å²) >= 11 is 0. The van der Waals surface area contributed by atoms with Crippen LogP contribution in [0.25, 0.3) is 0 Å². The Hall–Kier alpha value is -1.39. The van der Waals surface area contributed by atoms with Gasteiger partial charge in [0.2, 0.25) is 5.91 Å². The number of likely N-dealkylation sites (N-methyl/N-ethyl adjacent to an activating group) is 1. The fraction of sp³-hybridized carbons (Fsp3) is 0.588. The van der Waals surface area contributed by atoms with Crippen LogP contribution in [0, 0.1) is 0 Å². The molecule has 1 aliphatic heterocycles. The Morgan fingerprint density at radius 3 is 2.48 bits per heavy atom. The summed E-state index contributed by atoms with van der Waals surface area (Å²) in [7, 11) is 4.10. The van der Waals surface area contributed by atoms with Crippen LogP contribution in [0.1, 0.15) is 37.1 Å². The van der Waals surface area contributed by atoms with Crippen molar-refractivity contribution in [3.63, 3.8) is 0 Å². The quantitative estimate of drug-likeness (QED) is 0.896. The molecule has 1 atom stereocenters. The van der Waals surface area contributed by atoms with E-state index >= 15 is 0 Å². The van der Waals surface area contributed by atoms with E-state index < -0.39 is 0 Å². The maximum Gasteiger partial charge on any atom is 0.244 e. The van der Waals surface area contributed by atoms with Crippen LogP contribution < -0.4 is 5.32 Å². The summed E-state index contributed by atoms with van der Waals surface area (Å²) in [5, 5.41) is 3.58. The fourth-order valence-corrected chi connectivity index (χ4v) is 3.01. The smallest absolute Gasteiger partial charge is 0.244 e. The average Bonchev–Trinajstić information content (AvgIpc) is 3.21. The second kappa shape index (κ2) is 5.43. The first kappa shape index (κ1) is 14.5. The highest BCUT2D eigenvalue weighted by Crippen LogP contribution is 2.45. The van der Waals surface area contributed by atoms with Crippen molar-refractivity contribution in [2.45, 2.75) is 37.9 Å². The minimum Gasteiger partial charge on any atom is -0.320 e. The lowest BCUT2D eigenvalue weighted by molar-refractivity contribution is -0.131. The summed E-state index contributed by atoms with van der Waals surface area (Å²) in [6.07, 6.45) is 3.04. The molecule has 2 fully saturated rings. The van der Waals surface area contributed by atoms with Crippen LogP contribution in [0.3, 0.4) is 0 Å². The molecule has 1 saturated carbocycles. The minimum absolute atomic E-state index is 0.0332. The molecule has 3 rings (SSSR count). The molecular formula is C17H25N3O. The van der Waals surface area contributed by atoms with Gasteiger partial charge in [0.25, 0.3) is 0 Å². The molecule has 1 spiro atoms. The summed E-state index contributed by atoms with van der Waals surface area (Å²) in [5.74, 6) is 0.286. The van der Waals surface area contributed by atoms with E-state index in [-0.39, 0.29) is 17.6 Å². The third-order valence-electron chi connectivity index (χ3n) is 4.64. The van der Waals surface area contributed by atoms with Crippen LogP contribution in [0.5, 0.6) is 0 Å². The van der Waals surface area contributed by atoms with Crippen molar-refractivity contribution in [1.82, 2.24) is 15.1 Å². The lowest BCUT2D eigenvalue weighted by Crippen LogP contribution is -2.37. The Labute approximate surface area is 127 Å². The van der Waals surface area contributed by atoms with E-state index in [0.717, 1.165) is 32.4 Å². The van der Waals surface area contributed by atoms with Crippen molar-refractivity contribution in [3.05, 3.63) is 35.4 Å². The molecule has 0 aromatic heterocycles. The Balaban J connectivity index is 1.81. The molecule has 1 saturated heterocycles. The Kier molecular flexibility index (Phi) is 3.76. The zero-order valence-electron chi connectivity index (χ0n) is 13.2. The Morgan fingerprint density at radius 1 is 1.29 bits per heavy atom. The van der Waals surface area contributed by atoms with E-state index in [2.05, 4.69) is 41.4 Å².